The maximum absolute atomic E-state index is 14.5. The molecular formula is C20H23F3N6O2. The topological polar surface area (TPSA) is 100 Å². The van der Waals surface area contributed by atoms with E-state index in [4.69, 9.17) is 15.2 Å². The maximum atomic E-state index is 14.5. The largest absolute Gasteiger partial charge is 0.494 e. The summed E-state index contributed by atoms with van der Waals surface area (Å²) in [5.74, 6) is -3.38. The minimum Gasteiger partial charge on any atom is -0.494 e. The zero-order valence-electron chi connectivity index (χ0n) is 17.3. The zero-order chi connectivity index (χ0) is 22.5. The lowest BCUT2D eigenvalue weighted by Gasteiger charge is -2.11. The number of hydrogen-bond acceptors (Lipinski definition) is 7. The van der Waals surface area contributed by atoms with E-state index in [9.17, 15) is 13.2 Å². The Hall–Kier alpha value is -3.34. The summed E-state index contributed by atoms with van der Waals surface area (Å²) in [5, 5.41) is 7.05. The second kappa shape index (κ2) is 9.65. The molecule has 0 aliphatic heterocycles. The van der Waals surface area contributed by atoms with Crippen molar-refractivity contribution in [2.24, 2.45) is 0 Å². The molecule has 0 aliphatic carbocycles. The summed E-state index contributed by atoms with van der Waals surface area (Å²) in [5.41, 5.74) is 5.52. The Morgan fingerprint density at radius 2 is 1.94 bits per heavy atom. The van der Waals surface area contributed by atoms with E-state index in [0.29, 0.717) is 18.8 Å². The van der Waals surface area contributed by atoms with Gasteiger partial charge in [0, 0.05) is 18.2 Å². The van der Waals surface area contributed by atoms with Crippen LogP contribution in [0, 0.1) is 17.5 Å². The molecule has 0 saturated carbocycles. The summed E-state index contributed by atoms with van der Waals surface area (Å²) < 4.78 is 55.1. The van der Waals surface area contributed by atoms with Crippen molar-refractivity contribution in [3.05, 3.63) is 53.2 Å². The predicted molar refractivity (Wildman–Crippen MR) is 109 cm³/mol. The van der Waals surface area contributed by atoms with Crippen molar-refractivity contribution in [1.29, 1.82) is 0 Å². The maximum Gasteiger partial charge on any atom is 0.229 e. The van der Waals surface area contributed by atoms with Gasteiger partial charge in [0.25, 0.3) is 0 Å². The number of anilines is 3. The molecule has 0 bridgehead atoms. The quantitative estimate of drug-likeness (QED) is 0.530. The Balaban J connectivity index is 1.80. The van der Waals surface area contributed by atoms with E-state index in [1.165, 1.54) is 13.3 Å². The standard InChI is InChI=1S/C20H23F3N6O2/c1-11(2)31-7-6-29-10-12(9-25-29)26-20-27-15(18(23)19(24)28-20)8-13-14(21)4-5-16(30-3)17(13)22/h4-5,9-11H,6-8H2,1-3H3,(H3,24,26,27,28). The van der Waals surface area contributed by atoms with E-state index in [2.05, 4.69) is 20.4 Å². The third-order valence-electron chi connectivity index (χ3n) is 4.32. The Morgan fingerprint density at radius 1 is 1.16 bits per heavy atom. The van der Waals surface area contributed by atoms with E-state index < -0.39 is 29.7 Å². The van der Waals surface area contributed by atoms with Gasteiger partial charge in [0.2, 0.25) is 5.95 Å². The summed E-state index contributed by atoms with van der Waals surface area (Å²) in [6.07, 6.45) is 2.85. The first-order valence-electron chi connectivity index (χ1n) is 9.52. The minimum absolute atomic E-state index is 0.0319. The van der Waals surface area contributed by atoms with Gasteiger partial charge in [0.05, 0.1) is 43.9 Å². The van der Waals surface area contributed by atoms with Crippen LogP contribution in [0.25, 0.3) is 0 Å². The summed E-state index contributed by atoms with van der Waals surface area (Å²) in [7, 11) is 1.25. The molecule has 166 valence electrons. The van der Waals surface area contributed by atoms with Crippen molar-refractivity contribution in [2.75, 3.05) is 24.8 Å². The lowest BCUT2D eigenvalue weighted by molar-refractivity contribution is 0.0710. The van der Waals surface area contributed by atoms with Gasteiger partial charge in [-0.05, 0) is 26.0 Å². The van der Waals surface area contributed by atoms with Crippen LogP contribution in [0.1, 0.15) is 25.1 Å². The van der Waals surface area contributed by atoms with Crippen molar-refractivity contribution in [2.45, 2.75) is 32.9 Å². The summed E-state index contributed by atoms with van der Waals surface area (Å²) in [4.78, 5) is 7.89. The lowest BCUT2D eigenvalue weighted by Crippen LogP contribution is -2.11. The van der Waals surface area contributed by atoms with Gasteiger partial charge >= 0.3 is 0 Å². The summed E-state index contributed by atoms with van der Waals surface area (Å²) in [6.45, 7) is 4.90. The molecule has 0 spiro atoms. The monoisotopic (exact) mass is 436 g/mol. The fourth-order valence-electron chi connectivity index (χ4n) is 2.81. The van der Waals surface area contributed by atoms with Crippen LogP contribution < -0.4 is 15.8 Å². The Bertz CT molecular complexity index is 1060. The smallest absolute Gasteiger partial charge is 0.229 e. The van der Waals surface area contributed by atoms with Crippen LogP contribution in [0.4, 0.5) is 30.6 Å². The van der Waals surface area contributed by atoms with E-state index in [0.717, 1.165) is 12.1 Å². The van der Waals surface area contributed by atoms with Gasteiger partial charge in [-0.15, -0.1) is 0 Å². The van der Waals surface area contributed by atoms with Crippen LogP contribution in [0.5, 0.6) is 5.75 Å². The highest BCUT2D eigenvalue weighted by Gasteiger charge is 2.20. The van der Waals surface area contributed by atoms with Gasteiger partial charge < -0.3 is 20.5 Å². The molecule has 0 atom stereocenters. The van der Waals surface area contributed by atoms with Gasteiger partial charge in [-0.2, -0.15) is 10.1 Å². The molecule has 3 rings (SSSR count). The van der Waals surface area contributed by atoms with Crippen LogP contribution in [-0.4, -0.2) is 39.6 Å². The number of nitrogen functional groups attached to an aromatic ring is 1. The summed E-state index contributed by atoms with van der Waals surface area (Å²) >= 11 is 0. The molecule has 2 heterocycles. The highest BCUT2D eigenvalue weighted by Crippen LogP contribution is 2.27. The molecule has 3 N–H and O–H groups in total. The zero-order valence-corrected chi connectivity index (χ0v) is 17.3. The number of nitrogens with zero attached hydrogens (tertiary/aromatic N) is 4. The third-order valence-corrected chi connectivity index (χ3v) is 4.32. The number of rotatable bonds is 9. The number of nitrogens with one attached hydrogen (secondary N) is 1. The third kappa shape index (κ3) is 5.43. The molecule has 0 amide bonds. The van der Waals surface area contributed by atoms with Crippen molar-refractivity contribution in [1.82, 2.24) is 19.7 Å². The first kappa shape index (κ1) is 22.3. The molecule has 3 aromatic rings. The van der Waals surface area contributed by atoms with Crippen LogP contribution in [0.3, 0.4) is 0 Å². The van der Waals surface area contributed by atoms with E-state index >= 15 is 0 Å². The van der Waals surface area contributed by atoms with Crippen molar-refractivity contribution in [3.8, 4) is 5.75 Å². The van der Waals surface area contributed by atoms with Crippen LogP contribution in [0.15, 0.2) is 24.5 Å². The molecule has 11 heteroatoms. The number of nitrogens with two attached hydrogens (primary N) is 1. The van der Waals surface area contributed by atoms with E-state index in [-0.39, 0.29) is 29.1 Å². The molecular weight excluding hydrogens is 413 g/mol. The molecule has 31 heavy (non-hydrogen) atoms. The second-order valence-corrected chi connectivity index (χ2v) is 6.95. The molecule has 8 nitrogen and oxygen atoms in total. The second-order valence-electron chi connectivity index (χ2n) is 6.95. The Morgan fingerprint density at radius 3 is 2.65 bits per heavy atom. The SMILES string of the molecule is COc1ccc(F)c(Cc2nc(Nc3cnn(CCOC(C)C)c3)nc(N)c2F)c1F. The Labute approximate surface area is 177 Å². The number of aromatic nitrogens is 4. The van der Waals surface area contributed by atoms with Crippen molar-refractivity contribution >= 4 is 17.5 Å². The number of halogens is 3. The highest BCUT2D eigenvalue weighted by molar-refractivity contribution is 5.53. The fourth-order valence-corrected chi connectivity index (χ4v) is 2.81. The number of benzene rings is 1. The van der Waals surface area contributed by atoms with Gasteiger partial charge in [0.15, 0.2) is 23.2 Å². The normalized spacial score (nSPS) is 11.2. The molecule has 0 unspecified atom stereocenters. The number of ether oxygens (including phenoxy) is 2. The average Bonchev–Trinajstić information content (AvgIpc) is 3.15. The number of hydrogen-bond donors (Lipinski definition) is 2. The lowest BCUT2D eigenvalue weighted by atomic mass is 10.1. The van der Waals surface area contributed by atoms with Gasteiger partial charge in [-0.3, -0.25) is 4.68 Å². The van der Waals surface area contributed by atoms with E-state index in [1.807, 2.05) is 13.8 Å². The Kier molecular flexibility index (Phi) is 6.95. The highest BCUT2D eigenvalue weighted by atomic mass is 19.1. The van der Waals surface area contributed by atoms with Gasteiger partial charge in [0.1, 0.15) is 5.82 Å². The molecule has 2 aromatic heterocycles. The first-order chi connectivity index (χ1) is 14.8. The molecule has 1 aromatic carbocycles. The van der Waals surface area contributed by atoms with Crippen molar-refractivity contribution in [3.63, 3.8) is 0 Å². The minimum atomic E-state index is -0.950. The molecule has 0 saturated heterocycles. The van der Waals surface area contributed by atoms with Crippen LogP contribution >= 0.6 is 0 Å². The van der Waals surface area contributed by atoms with Gasteiger partial charge in [-0.1, -0.05) is 0 Å². The summed E-state index contributed by atoms with van der Waals surface area (Å²) in [6, 6.07) is 2.19. The predicted octanol–water partition coefficient (Wildman–Crippen LogP) is 3.44. The molecule has 0 radical (unpaired) electrons. The first-order valence-corrected chi connectivity index (χ1v) is 9.52. The number of methoxy groups -OCH3 is 1. The van der Waals surface area contributed by atoms with Crippen LogP contribution in [0.2, 0.25) is 0 Å². The molecule has 0 aliphatic rings. The van der Waals surface area contributed by atoms with E-state index in [1.54, 1.807) is 10.9 Å². The fraction of sp³-hybridized carbons (Fsp3) is 0.350. The van der Waals surface area contributed by atoms with Crippen molar-refractivity contribution < 1.29 is 22.6 Å². The van der Waals surface area contributed by atoms with Crippen LogP contribution in [-0.2, 0) is 17.7 Å². The van der Waals surface area contributed by atoms with Gasteiger partial charge in [-0.25, -0.2) is 18.2 Å². The molecule has 0 fully saturated rings. The average molecular weight is 436 g/mol.